The van der Waals surface area contributed by atoms with Crippen molar-refractivity contribution in [3.05, 3.63) is 0 Å². The van der Waals surface area contributed by atoms with Crippen LogP contribution >= 0.6 is 0 Å². The van der Waals surface area contributed by atoms with Gasteiger partial charge >= 0.3 is 0 Å². The minimum atomic E-state index is 0.348. The fourth-order valence-corrected chi connectivity index (χ4v) is 1.70. The third-order valence-electron chi connectivity index (χ3n) is 2.45. The van der Waals surface area contributed by atoms with E-state index in [1.165, 1.54) is 0 Å². The van der Waals surface area contributed by atoms with E-state index in [1.54, 1.807) is 7.11 Å². The maximum atomic E-state index is 8.90. The highest BCUT2D eigenvalue weighted by Crippen LogP contribution is 2.14. The van der Waals surface area contributed by atoms with Crippen molar-refractivity contribution in [3.8, 4) is 0 Å². The predicted octanol–water partition coefficient (Wildman–Crippen LogP) is 0.337. The molecule has 0 unspecified atom stereocenters. The third kappa shape index (κ3) is 3.09. The Hall–Kier alpha value is -0.120. The number of likely N-dealkylation sites (tertiary alicyclic amines) is 1. The maximum absolute atomic E-state index is 8.90. The standard InChI is InChI=1S/C9H19NO2/c1-12-6-2-4-10-5-3-9(7-10)8-11/h9,11H,2-8H2,1H3/t9-/m1/s1. The average Bonchev–Trinajstić information content (AvgIpc) is 2.53. The summed E-state index contributed by atoms with van der Waals surface area (Å²) in [5.74, 6) is 0.521. The molecule has 72 valence electrons. The molecule has 0 bridgehead atoms. The fraction of sp³-hybridized carbons (Fsp3) is 1.00. The molecule has 1 rings (SSSR count). The van der Waals surface area contributed by atoms with Gasteiger partial charge in [-0.3, -0.25) is 0 Å². The number of hydrogen-bond donors (Lipinski definition) is 1. The zero-order valence-corrected chi connectivity index (χ0v) is 7.83. The van der Waals surface area contributed by atoms with Gasteiger partial charge in [-0.1, -0.05) is 0 Å². The van der Waals surface area contributed by atoms with E-state index in [-0.39, 0.29) is 0 Å². The maximum Gasteiger partial charge on any atom is 0.0474 e. The van der Waals surface area contributed by atoms with Crippen molar-refractivity contribution in [2.75, 3.05) is 40.0 Å². The number of rotatable bonds is 5. The van der Waals surface area contributed by atoms with Gasteiger partial charge in [0.05, 0.1) is 0 Å². The highest BCUT2D eigenvalue weighted by atomic mass is 16.5. The second-order valence-electron chi connectivity index (χ2n) is 3.48. The molecule has 1 fully saturated rings. The summed E-state index contributed by atoms with van der Waals surface area (Å²) in [6.07, 6.45) is 2.26. The molecule has 0 aliphatic carbocycles. The number of methoxy groups -OCH3 is 1. The van der Waals surface area contributed by atoms with Crippen LogP contribution in [0.2, 0.25) is 0 Å². The molecule has 12 heavy (non-hydrogen) atoms. The third-order valence-corrected chi connectivity index (χ3v) is 2.45. The van der Waals surface area contributed by atoms with Crippen molar-refractivity contribution >= 4 is 0 Å². The van der Waals surface area contributed by atoms with E-state index in [0.29, 0.717) is 12.5 Å². The van der Waals surface area contributed by atoms with Crippen molar-refractivity contribution < 1.29 is 9.84 Å². The molecule has 0 amide bonds. The minimum Gasteiger partial charge on any atom is -0.396 e. The summed E-state index contributed by atoms with van der Waals surface area (Å²) in [6.45, 7) is 4.53. The van der Waals surface area contributed by atoms with Gasteiger partial charge in [0.25, 0.3) is 0 Å². The highest BCUT2D eigenvalue weighted by molar-refractivity contribution is 4.74. The van der Waals surface area contributed by atoms with E-state index in [1.807, 2.05) is 0 Å². The lowest BCUT2D eigenvalue weighted by molar-refractivity contribution is 0.174. The lowest BCUT2D eigenvalue weighted by Crippen LogP contribution is -2.23. The summed E-state index contributed by atoms with van der Waals surface area (Å²) in [5, 5.41) is 8.90. The Morgan fingerprint density at radius 1 is 1.58 bits per heavy atom. The van der Waals surface area contributed by atoms with Gasteiger partial charge in [-0.05, 0) is 25.3 Å². The summed E-state index contributed by atoms with van der Waals surface area (Å²) in [7, 11) is 1.74. The van der Waals surface area contributed by atoms with E-state index in [4.69, 9.17) is 9.84 Å². The molecule has 1 aliphatic heterocycles. The summed E-state index contributed by atoms with van der Waals surface area (Å²) in [4.78, 5) is 2.40. The second kappa shape index (κ2) is 5.51. The van der Waals surface area contributed by atoms with Gasteiger partial charge in [0, 0.05) is 33.4 Å². The summed E-state index contributed by atoms with van der Waals surface area (Å²) in [6, 6.07) is 0. The Morgan fingerprint density at radius 2 is 2.42 bits per heavy atom. The molecule has 3 nitrogen and oxygen atoms in total. The van der Waals surface area contributed by atoms with Crippen molar-refractivity contribution in [3.63, 3.8) is 0 Å². The molecule has 0 aromatic carbocycles. The first-order valence-electron chi connectivity index (χ1n) is 4.69. The monoisotopic (exact) mass is 173 g/mol. The predicted molar refractivity (Wildman–Crippen MR) is 48.1 cm³/mol. The van der Waals surface area contributed by atoms with Gasteiger partial charge in [-0.2, -0.15) is 0 Å². The molecule has 3 heteroatoms. The average molecular weight is 173 g/mol. The normalized spacial score (nSPS) is 25.0. The van der Waals surface area contributed by atoms with Gasteiger partial charge in [0.1, 0.15) is 0 Å². The van der Waals surface area contributed by atoms with Gasteiger partial charge in [0.2, 0.25) is 0 Å². The summed E-state index contributed by atoms with van der Waals surface area (Å²) >= 11 is 0. The molecular formula is C9H19NO2. The van der Waals surface area contributed by atoms with E-state index in [9.17, 15) is 0 Å². The Bertz CT molecular complexity index is 119. The first kappa shape index (κ1) is 9.96. The van der Waals surface area contributed by atoms with E-state index >= 15 is 0 Å². The first-order valence-corrected chi connectivity index (χ1v) is 4.69. The van der Waals surface area contributed by atoms with Crippen molar-refractivity contribution in [1.82, 2.24) is 4.90 Å². The minimum absolute atomic E-state index is 0.348. The van der Waals surface area contributed by atoms with Crippen LogP contribution in [0, 0.1) is 5.92 Å². The molecule has 1 saturated heterocycles. The molecule has 1 N–H and O–H groups in total. The van der Waals surface area contributed by atoms with E-state index in [0.717, 1.165) is 39.1 Å². The van der Waals surface area contributed by atoms with Crippen molar-refractivity contribution in [2.45, 2.75) is 12.8 Å². The van der Waals surface area contributed by atoms with Crippen molar-refractivity contribution in [1.29, 1.82) is 0 Å². The topological polar surface area (TPSA) is 32.7 Å². The van der Waals surface area contributed by atoms with Crippen LogP contribution in [0.4, 0.5) is 0 Å². The van der Waals surface area contributed by atoms with Crippen LogP contribution in [-0.2, 0) is 4.74 Å². The molecule has 1 aliphatic rings. The molecule has 0 aromatic heterocycles. The second-order valence-corrected chi connectivity index (χ2v) is 3.48. The molecular weight excluding hydrogens is 154 g/mol. The lowest BCUT2D eigenvalue weighted by Gasteiger charge is -2.14. The molecule has 0 aromatic rings. The van der Waals surface area contributed by atoms with Crippen LogP contribution in [0.15, 0.2) is 0 Å². The van der Waals surface area contributed by atoms with E-state index in [2.05, 4.69) is 4.90 Å². The SMILES string of the molecule is COCCCN1CC[C@@H](CO)C1. The Kier molecular flexibility index (Phi) is 4.58. The van der Waals surface area contributed by atoms with Crippen LogP contribution in [0.25, 0.3) is 0 Å². The van der Waals surface area contributed by atoms with Gasteiger partial charge in [-0.25, -0.2) is 0 Å². The quantitative estimate of drug-likeness (QED) is 0.608. The summed E-state index contributed by atoms with van der Waals surface area (Å²) in [5.41, 5.74) is 0. The van der Waals surface area contributed by atoms with Crippen molar-refractivity contribution in [2.24, 2.45) is 5.92 Å². The largest absolute Gasteiger partial charge is 0.396 e. The van der Waals surface area contributed by atoms with Crippen LogP contribution in [0.1, 0.15) is 12.8 Å². The van der Waals surface area contributed by atoms with Gasteiger partial charge < -0.3 is 14.7 Å². The molecule has 1 atom stereocenters. The molecule has 1 heterocycles. The number of aliphatic hydroxyl groups is 1. The fourth-order valence-electron chi connectivity index (χ4n) is 1.70. The van der Waals surface area contributed by atoms with E-state index < -0.39 is 0 Å². The zero-order chi connectivity index (χ0) is 8.81. The first-order chi connectivity index (χ1) is 5.86. The number of aliphatic hydroxyl groups excluding tert-OH is 1. The molecule has 0 radical (unpaired) electrons. The van der Waals surface area contributed by atoms with Crippen LogP contribution in [0.5, 0.6) is 0 Å². The zero-order valence-electron chi connectivity index (χ0n) is 7.83. The molecule has 0 saturated carbocycles. The van der Waals surface area contributed by atoms with Crippen LogP contribution in [-0.4, -0.2) is 50.0 Å². The van der Waals surface area contributed by atoms with Gasteiger partial charge in [-0.15, -0.1) is 0 Å². The summed E-state index contributed by atoms with van der Waals surface area (Å²) < 4.78 is 4.98. The lowest BCUT2D eigenvalue weighted by atomic mass is 10.1. The molecule has 0 spiro atoms. The van der Waals surface area contributed by atoms with Crippen LogP contribution < -0.4 is 0 Å². The number of ether oxygens (including phenoxy) is 1. The highest BCUT2D eigenvalue weighted by Gasteiger charge is 2.20. The number of nitrogens with zero attached hydrogens (tertiary/aromatic N) is 1. The van der Waals surface area contributed by atoms with Gasteiger partial charge in [0.15, 0.2) is 0 Å². The Balaban J connectivity index is 2.03. The number of hydrogen-bond acceptors (Lipinski definition) is 3. The Labute approximate surface area is 74.3 Å². The Morgan fingerprint density at radius 3 is 3.00 bits per heavy atom. The smallest absolute Gasteiger partial charge is 0.0474 e. The van der Waals surface area contributed by atoms with Crippen LogP contribution in [0.3, 0.4) is 0 Å².